The summed E-state index contributed by atoms with van der Waals surface area (Å²) in [5, 5.41) is 6.36. The highest BCUT2D eigenvalue weighted by Crippen LogP contribution is 2.20. The quantitative estimate of drug-likeness (QED) is 0.859. The van der Waals surface area contributed by atoms with E-state index in [1.807, 2.05) is 32.0 Å². The number of aromatic nitrogens is 1. The highest BCUT2D eigenvalue weighted by Gasteiger charge is 2.16. The first-order chi connectivity index (χ1) is 8.99. The van der Waals surface area contributed by atoms with Crippen LogP contribution >= 0.6 is 0 Å². The molecule has 0 fully saturated rings. The molecule has 0 aliphatic heterocycles. The topological polar surface area (TPSA) is 72.2 Å². The molecule has 2 rings (SSSR count). The minimum Gasteiger partial charge on any atom is -0.352 e. The van der Waals surface area contributed by atoms with Crippen LogP contribution in [0.4, 0.5) is 5.69 Å². The summed E-state index contributed by atoms with van der Waals surface area (Å²) >= 11 is 0. The minimum atomic E-state index is -0.395. The van der Waals surface area contributed by atoms with E-state index >= 15 is 0 Å². The number of benzene rings is 1. The van der Waals surface area contributed by atoms with Crippen LogP contribution in [-0.2, 0) is 0 Å². The Bertz CT molecular complexity index is 624. The average molecular weight is 258 g/mol. The van der Waals surface area contributed by atoms with Gasteiger partial charge in [-0.25, -0.2) is 0 Å². The van der Waals surface area contributed by atoms with Crippen LogP contribution in [0.3, 0.4) is 0 Å². The van der Waals surface area contributed by atoms with Crippen LogP contribution in [-0.4, -0.2) is 16.8 Å². The molecule has 19 heavy (non-hydrogen) atoms. The third kappa shape index (κ3) is 2.70. The smallest absolute Gasteiger partial charge is 0.277 e. The van der Waals surface area contributed by atoms with Crippen molar-refractivity contribution in [3.8, 4) is 0 Å². The van der Waals surface area contributed by atoms with E-state index < -0.39 is 5.91 Å². The lowest BCUT2D eigenvalue weighted by atomic mass is 10.1. The van der Waals surface area contributed by atoms with Crippen LogP contribution < -0.4 is 5.32 Å². The van der Waals surface area contributed by atoms with Crippen LogP contribution in [0.1, 0.15) is 39.1 Å². The second-order valence-corrected chi connectivity index (χ2v) is 4.35. The first-order valence-corrected chi connectivity index (χ1v) is 5.84. The fourth-order valence-electron chi connectivity index (χ4n) is 1.74. The molecule has 0 aliphatic carbocycles. The van der Waals surface area contributed by atoms with Gasteiger partial charge >= 0.3 is 0 Å². The normalized spacial score (nSPS) is 10.3. The standard InChI is InChI=1S/C14H14N2O3/c1-8-5-4-6-9(2)13(8)15-14(18)11-7-12(10(3)17)19-16-11/h4-7H,1-3H3,(H,15,18). The Morgan fingerprint density at radius 2 is 1.84 bits per heavy atom. The molecule has 2 aromatic rings. The van der Waals surface area contributed by atoms with Gasteiger partial charge in [0.05, 0.1) is 0 Å². The maximum Gasteiger partial charge on any atom is 0.277 e. The zero-order valence-electron chi connectivity index (χ0n) is 11.0. The van der Waals surface area contributed by atoms with E-state index in [2.05, 4.69) is 10.5 Å². The van der Waals surface area contributed by atoms with E-state index in [0.29, 0.717) is 0 Å². The molecule has 98 valence electrons. The van der Waals surface area contributed by atoms with Gasteiger partial charge in [-0.1, -0.05) is 23.4 Å². The minimum absolute atomic E-state index is 0.0756. The second-order valence-electron chi connectivity index (χ2n) is 4.35. The van der Waals surface area contributed by atoms with Crippen molar-refractivity contribution in [2.24, 2.45) is 0 Å². The molecule has 5 nitrogen and oxygen atoms in total. The lowest BCUT2D eigenvalue weighted by molar-refractivity contribution is 0.0972. The number of hydrogen-bond acceptors (Lipinski definition) is 4. The van der Waals surface area contributed by atoms with Gasteiger partial charge in [0, 0.05) is 18.7 Å². The Kier molecular flexibility index (Phi) is 3.46. The maximum absolute atomic E-state index is 12.0. The predicted molar refractivity (Wildman–Crippen MR) is 70.4 cm³/mol. The molecule has 5 heteroatoms. The fourth-order valence-corrected chi connectivity index (χ4v) is 1.74. The Balaban J connectivity index is 2.23. The van der Waals surface area contributed by atoms with Gasteiger partial charge in [-0.05, 0) is 25.0 Å². The molecule has 1 aromatic carbocycles. The van der Waals surface area contributed by atoms with E-state index in [0.717, 1.165) is 16.8 Å². The molecule has 1 heterocycles. The van der Waals surface area contributed by atoms with Crippen molar-refractivity contribution < 1.29 is 14.1 Å². The summed E-state index contributed by atoms with van der Waals surface area (Å²) in [6, 6.07) is 7.08. The summed E-state index contributed by atoms with van der Waals surface area (Å²) in [6.45, 7) is 5.17. The molecule has 0 radical (unpaired) electrons. The highest BCUT2D eigenvalue weighted by molar-refractivity contribution is 6.05. The molecule has 0 saturated heterocycles. The van der Waals surface area contributed by atoms with Crippen molar-refractivity contribution in [1.29, 1.82) is 0 Å². The van der Waals surface area contributed by atoms with Crippen molar-refractivity contribution in [2.45, 2.75) is 20.8 Å². The first-order valence-electron chi connectivity index (χ1n) is 5.84. The molecule has 1 amide bonds. The Hall–Kier alpha value is -2.43. The van der Waals surface area contributed by atoms with Gasteiger partial charge in [-0.15, -0.1) is 0 Å². The van der Waals surface area contributed by atoms with E-state index in [-0.39, 0.29) is 17.2 Å². The molecule has 0 unspecified atom stereocenters. The zero-order chi connectivity index (χ0) is 14.0. The summed E-state index contributed by atoms with van der Waals surface area (Å²) in [4.78, 5) is 23.1. The molecule has 0 aliphatic rings. The van der Waals surface area contributed by atoms with E-state index in [9.17, 15) is 9.59 Å². The molecule has 0 bridgehead atoms. The lowest BCUT2D eigenvalue weighted by Crippen LogP contribution is -2.14. The SMILES string of the molecule is CC(=O)c1cc(C(=O)Nc2c(C)cccc2C)no1. The first kappa shape index (κ1) is 13.0. The number of carbonyl (C=O) groups is 2. The van der Waals surface area contributed by atoms with Crippen LogP contribution in [0.2, 0.25) is 0 Å². The van der Waals surface area contributed by atoms with E-state index in [1.165, 1.54) is 13.0 Å². The summed E-state index contributed by atoms with van der Waals surface area (Å²) in [7, 11) is 0. The third-order valence-electron chi connectivity index (χ3n) is 2.81. The van der Waals surface area contributed by atoms with Gasteiger partial charge in [0.1, 0.15) is 0 Å². The largest absolute Gasteiger partial charge is 0.352 e. The number of para-hydroxylation sites is 1. The Morgan fingerprint density at radius 1 is 1.21 bits per heavy atom. The second kappa shape index (κ2) is 5.06. The number of hydrogen-bond donors (Lipinski definition) is 1. The molecular weight excluding hydrogens is 244 g/mol. The van der Waals surface area contributed by atoms with Gasteiger partial charge in [0.15, 0.2) is 11.5 Å². The number of aryl methyl sites for hydroxylation is 2. The predicted octanol–water partition coefficient (Wildman–Crippen LogP) is 2.75. The lowest BCUT2D eigenvalue weighted by Gasteiger charge is -2.09. The van der Waals surface area contributed by atoms with Crippen molar-refractivity contribution >= 4 is 17.4 Å². The number of Topliss-reactive ketones (excluding diaryl/α,β-unsaturated/α-hetero) is 1. The number of anilines is 1. The van der Waals surface area contributed by atoms with Crippen LogP contribution in [0.25, 0.3) is 0 Å². The molecule has 0 atom stereocenters. The Labute approximate surface area is 110 Å². The van der Waals surface area contributed by atoms with E-state index in [4.69, 9.17) is 4.52 Å². The van der Waals surface area contributed by atoms with E-state index in [1.54, 1.807) is 0 Å². The van der Waals surface area contributed by atoms with Crippen molar-refractivity contribution in [3.63, 3.8) is 0 Å². The van der Waals surface area contributed by atoms with Crippen LogP contribution in [0.5, 0.6) is 0 Å². The fraction of sp³-hybridized carbons (Fsp3) is 0.214. The number of nitrogens with zero attached hydrogens (tertiary/aromatic N) is 1. The zero-order valence-corrected chi connectivity index (χ0v) is 11.0. The van der Waals surface area contributed by atoms with Crippen LogP contribution in [0.15, 0.2) is 28.8 Å². The number of nitrogens with one attached hydrogen (secondary N) is 1. The summed E-state index contributed by atoms with van der Waals surface area (Å²) < 4.78 is 4.79. The van der Waals surface area contributed by atoms with Gasteiger partial charge < -0.3 is 9.84 Å². The molecule has 1 N–H and O–H groups in total. The average Bonchev–Trinajstić information content (AvgIpc) is 2.83. The Morgan fingerprint density at radius 3 is 2.37 bits per heavy atom. The highest BCUT2D eigenvalue weighted by atomic mass is 16.5. The summed E-state index contributed by atoms with van der Waals surface area (Å²) in [6.07, 6.45) is 0. The van der Waals surface area contributed by atoms with Crippen molar-refractivity contribution in [2.75, 3.05) is 5.32 Å². The number of ketones is 1. The molecule has 0 spiro atoms. The number of rotatable bonds is 3. The maximum atomic E-state index is 12.0. The summed E-state index contributed by atoms with van der Waals surface area (Å²) in [5.41, 5.74) is 2.76. The van der Waals surface area contributed by atoms with Gasteiger partial charge in [0.25, 0.3) is 5.91 Å². The van der Waals surface area contributed by atoms with Gasteiger partial charge in [-0.3, -0.25) is 9.59 Å². The molecular formula is C14H14N2O3. The van der Waals surface area contributed by atoms with Gasteiger partial charge in [0.2, 0.25) is 5.76 Å². The number of amides is 1. The van der Waals surface area contributed by atoms with Crippen molar-refractivity contribution in [1.82, 2.24) is 5.16 Å². The monoisotopic (exact) mass is 258 g/mol. The molecule has 0 saturated carbocycles. The third-order valence-corrected chi connectivity index (χ3v) is 2.81. The summed E-state index contributed by atoms with van der Waals surface area (Å²) in [5.74, 6) is -0.584. The van der Waals surface area contributed by atoms with Gasteiger partial charge in [-0.2, -0.15) is 0 Å². The molecule has 1 aromatic heterocycles. The number of carbonyl (C=O) groups excluding carboxylic acids is 2. The van der Waals surface area contributed by atoms with Crippen LogP contribution in [0, 0.1) is 13.8 Å². The van der Waals surface area contributed by atoms with Crippen molar-refractivity contribution in [3.05, 3.63) is 46.8 Å².